The Kier molecular flexibility index (Phi) is 4.44. The number of aromatic amines is 1. The van der Waals surface area contributed by atoms with Crippen LogP contribution in [0, 0.1) is 12.8 Å². The van der Waals surface area contributed by atoms with Crippen LogP contribution in [0.15, 0.2) is 53.1 Å². The summed E-state index contributed by atoms with van der Waals surface area (Å²) in [6.07, 6.45) is 1.95. The number of rotatable bonds is 5. The van der Waals surface area contributed by atoms with Crippen molar-refractivity contribution < 1.29 is 9.21 Å². The van der Waals surface area contributed by atoms with Crippen molar-refractivity contribution in [1.29, 1.82) is 0 Å². The van der Waals surface area contributed by atoms with E-state index in [9.17, 15) is 4.79 Å². The highest BCUT2D eigenvalue weighted by Gasteiger charge is 2.22. The zero-order valence-electron chi connectivity index (χ0n) is 15.7. The zero-order valence-corrected chi connectivity index (χ0v) is 15.7. The summed E-state index contributed by atoms with van der Waals surface area (Å²) in [4.78, 5) is 20.7. The molecule has 0 fully saturated rings. The van der Waals surface area contributed by atoms with Gasteiger partial charge in [-0.3, -0.25) is 4.79 Å². The average molecular weight is 361 g/mol. The molecule has 1 amide bonds. The highest BCUT2D eigenvalue weighted by Crippen LogP contribution is 2.25. The number of carbonyl (C=O) groups excluding carboxylic acids is 1. The van der Waals surface area contributed by atoms with Crippen LogP contribution in [0.3, 0.4) is 0 Å². The Bertz CT molecular complexity index is 1070. The molecule has 0 bridgehead atoms. The lowest BCUT2D eigenvalue weighted by atomic mass is 10.0. The number of carbonyl (C=O) groups is 1. The lowest BCUT2D eigenvalue weighted by Gasteiger charge is -2.20. The van der Waals surface area contributed by atoms with Gasteiger partial charge in [0.25, 0.3) is 0 Å². The minimum Gasteiger partial charge on any atom is -0.464 e. The first kappa shape index (κ1) is 17.3. The van der Waals surface area contributed by atoms with Crippen LogP contribution in [0.4, 0.5) is 0 Å². The molecule has 27 heavy (non-hydrogen) atoms. The van der Waals surface area contributed by atoms with E-state index in [1.54, 1.807) is 6.26 Å². The summed E-state index contributed by atoms with van der Waals surface area (Å²) in [5.41, 5.74) is 4.73. The molecule has 138 valence electrons. The summed E-state index contributed by atoms with van der Waals surface area (Å²) >= 11 is 0. The molecule has 2 aromatic heterocycles. The van der Waals surface area contributed by atoms with E-state index in [-0.39, 0.29) is 24.3 Å². The van der Waals surface area contributed by atoms with Crippen molar-refractivity contribution in [3.8, 4) is 0 Å². The van der Waals surface area contributed by atoms with Gasteiger partial charge in [-0.15, -0.1) is 0 Å². The van der Waals surface area contributed by atoms with E-state index in [1.165, 1.54) is 0 Å². The highest BCUT2D eigenvalue weighted by atomic mass is 16.3. The molecule has 2 heterocycles. The molecule has 0 aliphatic rings. The average Bonchev–Trinajstić information content (AvgIpc) is 3.23. The van der Waals surface area contributed by atoms with Gasteiger partial charge in [0.05, 0.1) is 29.8 Å². The Labute approximate surface area is 157 Å². The largest absolute Gasteiger partial charge is 0.464 e. The van der Waals surface area contributed by atoms with Gasteiger partial charge in [0.2, 0.25) is 5.91 Å². The van der Waals surface area contributed by atoms with Gasteiger partial charge >= 0.3 is 0 Å². The van der Waals surface area contributed by atoms with Crippen LogP contribution in [-0.2, 0) is 11.2 Å². The van der Waals surface area contributed by atoms with Crippen LogP contribution in [-0.4, -0.2) is 15.9 Å². The number of furan rings is 1. The number of aryl methyl sites for hydroxylation is 1. The normalized spacial score (nSPS) is 12.7. The van der Waals surface area contributed by atoms with Crippen molar-refractivity contribution in [3.63, 3.8) is 0 Å². The molecule has 0 saturated carbocycles. The van der Waals surface area contributed by atoms with Gasteiger partial charge in [0.1, 0.15) is 11.4 Å². The van der Waals surface area contributed by atoms with E-state index in [2.05, 4.69) is 29.1 Å². The van der Waals surface area contributed by atoms with Crippen LogP contribution in [0.5, 0.6) is 0 Å². The molecule has 1 unspecified atom stereocenters. The maximum absolute atomic E-state index is 12.7. The van der Waals surface area contributed by atoms with E-state index < -0.39 is 0 Å². The fraction of sp³-hybridized carbons (Fsp3) is 0.273. The number of benzene rings is 2. The van der Waals surface area contributed by atoms with Gasteiger partial charge in [-0.2, -0.15) is 0 Å². The second-order valence-corrected chi connectivity index (χ2v) is 7.37. The van der Waals surface area contributed by atoms with Crippen LogP contribution < -0.4 is 5.32 Å². The van der Waals surface area contributed by atoms with Gasteiger partial charge < -0.3 is 14.7 Å². The standard InChI is InChI=1S/C22H23N3O2/c1-13(2)21(22-23-17-6-4-5-7-18(17)24-22)25-20(26)11-15-12-27-19-10-14(3)8-9-16(15)19/h4-10,12-13,21H,11H2,1-3H3,(H,23,24)(H,25,26). The second-order valence-electron chi connectivity index (χ2n) is 7.37. The number of nitrogens with zero attached hydrogens (tertiary/aromatic N) is 1. The number of imidazole rings is 1. The van der Waals surface area contributed by atoms with Gasteiger partial charge in [-0.25, -0.2) is 4.98 Å². The summed E-state index contributed by atoms with van der Waals surface area (Å²) in [5, 5.41) is 4.12. The first-order valence-electron chi connectivity index (χ1n) is 9.22. The van der Waals surface area contributed by atoms with Crippen molar-refractivity contribution in [1.82, 2.24) is 15.3 Å². The predicted molar refractivity (Wildman–Crippen MR) is 106 cm³/mol. The molecule has 2 aromatic carbocycles. The number of amides is 1. The Morgan fingerprint density at radius 1 is 1.22 bits per heavy atom. The third-order valence-electron chi connectivity index (χ3n) is 4.85. The lowest BCUT2D eigenvalue weighted by molar-refractivity contribution is -0.121. The molecule has 5 nitrogen and oxygen atoms in total. The monoisotopic (exact) mass is 361 g/mol. The number of nitrogens with one attached hydrogen (secondary N) is 2. The van der Waals surface area contributed by atoms with Crippen LogP contribution in [0.2, 0.25) is 0 Å². The lowest BCUT2D eigenvalue weighted by Crippen LogP contribution is -2.33. The Morgan fingerprint density at radius 3 is 2.81 bits per heavy atom. The Balaban J connectivity index is 1.55. The molecule has 1 atom stereocenters. The van der Waals surface area contributed by atoms with Gasteiger partial charge in [-0.1, -0.05) is 38.1 Å². The molecule has 2 N–H and O–H groups in total. The molecule has 4 aromatic rings. The van der Waals surface area contributed by atoms with E-state index in [0.717, 1.165) is 39.0 Å². The van der Waals surface area contributed by atoms with Crippen LogP contribution >= 0.6 is 0 Å². The van der Waals surface area contributed by atoms with E-state index in [1.807, 2.05) is 49.4 Å². The third-order valence-corrected chi connectivity index (χ3v) is 4.85. The number of H-pyrrole nitrogens is 1. The van der Waals surface area contributed by atoms with Crippen molar-refractivity contribution in [3.05, 3.63) is 65.7 Å². The predicted octanol–water partition coefficient (Wildman–Crippen LogP) is 4.67. The SMILES string of the molecule is Cc1ccc2c(CC(=O)NC(c3nc4ccccc4[nH]3)C(C)C)coc2c1. The molecule has 5 heteroatoms. The number of hydrogen-bond donors (Lipinski definition) is 2. The quantitative estimate of drug-likeness (QED) is 0.542. The molecule has 0 aliphatic heterocycles. The minimum absolute atomic E-state index is 0.0440. The highest BCUT2D eigenvalue weighted by molar-refractivity contribution is 5.88. The number of para-hydroxylation sites is 2. The fourth-order valence-electron chi connectivity index (χ4n) is 3.40. The minimum atomic E-state index is -0.176. The van der Waals surface area contributed by atoms with Gasteiger partial charge in [0, 0.05) is 10.9 Å². The Morgan fingerprint density at radius 2 is 2.04 bits per heavy atom. The topological polar surface area (TPSA) is 70.9 Å². The van der Waals surface area contributed by atoms with E-state index in [0.29, 0.717) is 0 Å². The summed E-state index contributed by atoms with van der Waals surface area (Å²) in [5.74, 6) is 0.947. The van der Waals surface area contributed by atoms with Crippen molar-refractivity contribution in [2.24, 2.45) is 5.92 Å². The summed E-state index contributed by atoms with van der Waals surface area (Å²) < 4.78 is 5.61. The van der Waals surface area contributed by atoms with Crippen LogP contribution in [0.25, 0.3) is 22.0 Å². The smallest absolute Gasteiger partial charge is 0.225 e. The number of aromatic nitrogens is 2. The Hall–Kier alpha value is -3.08. The van der Waals surface area contributed by atoms with Crippen molar-refractivity contribution in [2.45, 2.75) is 33.2 Å². The maximum Gasteiger partial charge on any atom is 0.225 e. The van der Waals surface area contributed by atoms with E-state index in [4.69, 9.17) is 4.42 Å². The number of hydrogen-bond acceptors (Lipinski definition) is 3. The molecular formula is C22H23N3O2. The molecule has 4 rings (SSSR count). The van der Waals surface area contributed by atoms with Crippen molar-refractivity contribution in [2.75, 3.05) is 0 Å². The summed E-state index contributed by atoms with van der Waals surface area (Å²) in [6.45, 7) is 6.18. The van der Waals surface area contributed by atoms with Crippen LogP contribution in [0.1, 0.15) is 36.8 Å². The van der Waals surface area contributed by atoms with Crippen molar-refractivity contribution >= 4 is 27.9 Å². The third kappa shape index (κ3) is 3.45. The second kappa shape index (κ2) is 6.91. The zero-order chi connectivity index (χ0) is 19.0. The van der Waals surface area contributed by atoms with Gasteiger partial charge in [-0.05, 0) is 36.6 Å². The van der Waals surface area contributed by atoms with Gasteiger partial charge in [0.15, 0.2) is 0 Å². The summed E-state index contributed by atoms with van der Waals surface area (Å²) in [7, 11) is 0. The molecule has 0 aliphatic carbocycles. The molecule has 0 radical (unpaired) electrons. The molecular weight excluding hydrogens is 338 g/mol. The first-order chi connectivity index (χ1) is 13.0. The first-order valence-corrected chi connectivity index (χ1v) is 9.22. The number of fused-ring (bicyclic) bond motifs is 2. The maximum atomic E-state index is 12.7. The molecule has 0 saturated heterocycles. The molecule has 0 spiro atoms. The van der Waals surface area contributed by atoms with E-state index >= 15 is 0 Å². The fourth-order valence-corrected chi connectivity index (χ4v) is 3.40. The summed E-state index contributed by atoms with van der Waals surface area (Å²) in [6, 6.07) is 13.7.